The van der Waals surface area contributed by atoms with E-state index in [4.69, 9.17) is 0 Å². The zero-order valence-corrected chi connectivity index (χ0v) is 11.1. The maximum absolute atomic E-state index is 13.7. The van der Waals surface area contributed by atoms with Crippen molar-refractivity contribution in [3.63, 3.8) is 0 Å². The highest BCUT2D eigenvalue weighted by molar-refractivity contribution is 5.79. The molecule has 6 heteroatoms. The minimum atomic E-state index is -1.24. The summed E-state index contributed by atoms with van der Waals surface area (Å²) in [5, 5.41) is 9.41. The van der Waals surface area contributed by atoms with Gasteiger partial charge in [-0.15, -0.1) is 0 Å². The first-order chi connectivity index (χ1) is 9.40. The number of likely N-dealkylation sites (tertiary alicyclic amines) is 1. The fourth-order valence-corrected chi connectivity index (χ4v) is 2.85. The summed E-state index contributed by atoms with van der Waals surface area (Å²) in [7, 11) is 0. The molecule has 1 aliphatic rings. The van der Waals surface area contributed by atoms with E-state index in [1.807, 2.05) is 0 Å². The van der Waals surface area contributed by atoms with Crippen LogP contribution in [0.3, 0.4) is 0 Å². The van der Waals surface area contributed by atoms with Crippen molar-refractivity contribution in [3.8, 4) is 0 Å². The Kier molecular flexibility index (Phi) is 4.04. The van der Waals surface area contributed by atoms with Crippen molar-refractivity contribution in [2.75, 3.05) is 6.54 Å². The normalized spacial score (nSPS) is 23.2. The van der Waals surface area contributed by atoms with Gasteiger partial charge >= 0.3 is 5.97 Å². The second-order valence-electron chi connectivity index (χ2n) is 5.07. The van der Waals surface area contributed by atoms with Gasteiger partial charge in [-0.3, -0.25) is 9.69 Å². The molecule has 20 heavy (non-hydrogen) atoms. The summed E-state index contributed by atoms with van der Waals surface area (Å²) in [6.07, 6.45) is 1.54. The highest BCUT2D eigenvalue weighted by Gasteiger charge is 2.46. The van der Waals surface area contributed by atoms with Crippen molar-refractivity contribution in [3.05, 3.63) is 35.1 Å². The minimum absolute atomic E-state index is 0.0233. The largest absolute Gasteiger partial charge is 0.480 e. The summed E-state index contributed by atoms with van der Waals surface area (Å²) in [5.41, 5.74) is -1.07. The molecule has 1 saturated heterocycles. The predicted molar refractivity (Wildman–Crippen MR) is 66.6 cm³/mol. The van der Waals surface area contributed by atoms with Gasteiger partial charge in [-0.25, -0.2) is 13.2 Å². The number of halogens is 3. The number of aliphatic carboxylic acids is 1. The fraction of sp³-hybridized carbons (Fsp3) is 0.500. The molecule has 110 valence electrons. The van der Waals surface area contributed by atoms with Crippen LogP contribution in [0.4, 0.5) is 13.2 Å². The maximum atomic E-state index is 13.7. The van der Waals surface area contributed by atoms with Gasteiger partial charge in [0.1, 0.15) is 11.4 Å². The molecule has 3 nitrogen and oxygen atoms in total. The number of nitrogens with zero attached hydrogens (tertiary/aromatic N) is 1. The Morgan fingerprint density at radius 2 is 1.95 bits per heavy atom. The molecular formula is C14H16F3NO2. The van der Waals surface area contributed by atoms with Crippen molar-refractivity contribution in [1.82, 2.24) is 4.90 Å². The fourth-order valence-electron chi connectivity index (χ4n) is 2.85. The molecule has 0 radical (unpaired) electrons. The van der Waals surface area contributed by atoms with Crippen molar-refractivity contribution in [2.45, 2.75) is 38.3 Å². The predicted octanol–water partition coefficient (Wildman–Crippen LogP) is 2.93. The molecule has 2 rings (SSSR count). The van der Waals surface area contributed by atoms with Gasteiger partial charge in [0.15, 0.2) is 11.6 Å². The molecule has 1 aromatic carbocycles. The van der Waals surface area contributed by atoms with Crippen LogP contribution in [0.1, 0.15) is 31.7 Å². The van der Waals surface area contributed by atoms with Crippen LogP contribution >= 0.6 is 0 Å². The number of hydrogen-bond acceptors (Lipinski definition) is 2. The van der Waals surface area contributed by atoms with Crippen molar-refractivity contribution < 1.29 is 23.1 Å². The van der Waals surface area contributed by atoms with Gasteiger partial charge in [-0.2, -0.15) is 0 Å². The molecule has 0 aromatic heterocycles. The van der Waals surface area contributed by atoms with E-state index in [9.17, 15) is 23.1 Å². The Labute approximate surface area is 115 Å². The van der Waals surface area contributed by atoms with E-state index in [-0.39, 0.29) is 12.1 Å². The highest BCUT2D eigenvalue weighted by atomic mass is 19.2. The van der Waals surface area contributed by atoms with Gasteiger partial charge < -0.3 is 5.11 Å². The smallest absolute Gasteiger partial charge is 0.324 e. The van der Waals surface area contributed by atoms with Gasteiger partial charge in [0.2, 0.25) is 0 Å². The molecule has 0 aliphatic carbocycles. The number of carboxylic acids is 1. The van der Waals surface area contributed by atoms with Crippen LogP contribution in [-0.2, 0) is 11.3 Å². The minimum Gasteiger partial charge on any atom is -0.480 e. The molecule has 1 unspecified atom stereocenters. The van der Waals surface area contributed by atoms with Gasteiger partial charge in [-0.05, 0) is 31.9 Å². The SMILES string of the molecule is CCC1(C(=O)O)CCCN1Cc1cc(F)c(F)cc1F. The molecule has 1 fully saturated rings. The molecule has 0 bridgehead atoms. The second-order valence-corrected chi connectivity index (χ2v) is 5.07. The molecule has 0 spiro atoms. The van der Waals surface area contributed by atoms with Crippen molar-refractivity contribution in [2.24, 2.45) is 0 Å². The molecular weight excluding hydrogens is 271 g/mol. The molecule has 0 amide bonds. The molecule has 1 aromatic rings. The first-order valence-corrected chi connectivity index (χ1v) is 6.52. The standard InChI is InChI=1S/C14H16F3NO2/c1-2-14(13(19)20)4-3-5-18(14)8-9-6-11(16)12(17)7-10(9)15/h6-7H,2-5,8H2,1H3,(H,19,20). The molecule has 1 heterocycles. The number of rotatable bonds is 4. The van der Waals surface area contributed by atoms with Crippen LogP contribution in [0.15, 0.2) is 12.1 Å². The average Bonchev–Trinajstić information content (AvgIpc) is 2.80. The van der Waals surface area contributed by atoms with E-state index in [1.54, 1.807) is 11.8 Å². The van der Waals surface area contributed by atoms with E-state index in [0.29, 0.717) is 31.9 Å². The summed E-state index contributed by atoms with van der Waals surface area (Å²) >= 11 is 0. The monoisotopic (exact) mass is 287 g/mol. The van der Waals surface area contributed by atoms with Crippen molar-refractivity contribution >= 4 is 5.97 Å². The maximum Gasteiger partial charge on any atom is 0.324 e. The summed E-state index contributed by atoms with van der Waals surface area (Å²) < 4.78 is 39.7. The lowest BCUT2D eigenvalue weighted by molar-refractivity contribution is -0.150. The van der Waals surface area contributed by atoms with E-state index in [2.05, 4.69) is 0 Å². The number of carbonyl (C=O) groups is 1. The van der Waals surface area contributed by atoms with E-state index >= 15 is 0 Å². The van der Waals surface area contributed by atoms with Gasteiger partial charge in [0.05, 0.1) is 0 Å². The summed E-state index contributed by atoms with van der Waals surface area (Å²) in [5.74, 6) is -4.18. The third kappa shape index (κ3) is 2.40. The van der Waals surface area contributed by atoms with Crippen LogP contribution in [0.2, 0.25) is 0 Å². The Morgan fingerprint density at radius 1 is 1.30 bits per heavy atom. The Morgan fingerprint density at radius 3 is 2.55 bits per heavy atom. The highest BCUT2D eigenvalue weighted by Crippen LogP contribution is 2.34. The lowest BCUT2D eigenvalue weighted by Gasteiger charge is -2.34. The summed E-state index contributed by atoms with van der Waals surface area (Å²) in [4.78, 5) is 13.1. The third-order valence-electron chi connectivity index (χ3n) is 4.06. The van der Waals surface area contributed by atoms with E-state index in [1.165, 1.54) is 0 Å². The average molecular weight is 287 g/mol. The van der Waals surface area contributed by atoms with Gasteiger partial charge in [-0.1, -0.05) is 6.92 Å². The first-order valence-electron chi connectivity index (χ1n) is 6.52. The van der Waals surface area contributed by atoms with Gasteiger partial charge in [0, 0.05) is 18.2 Å². The third-order valence-corrected chi connectivity index (χ3v) is 4.06. The first kappa shape index (κ1) is 14.8. The zero-order chi connectivity index (χ0) is 14.9. The van der Waals surface area contributed by atoms with Gasteiger partial charge in [0.25, 0.3) is 0 Å². The quantitative estimate of drug-likeness (QED) is 0.866. The van der Waals surface area contributed by atoms with Crippen LogP contribution in [0.5, 0.6) is 0 Å². The number of hydrogen-bond donors (Lipinski definition) is 1. The molecule has 0 saturated carbocycles. The van der Waals surface area contributed by atoms with E-state index < -0.39 is 29.0 Å². The van der Waals surface area contributed by atoms with Crippen LogP contribution in [0.25, 0.3) is 0 Å². The molecule has 1 N–H and O–H groups in total. The lowest BCUT2D eigenvalue weighted by atomic mass is 9.92. The Hall–Kier alpha value is -1.56. The topological polar surface area (TPSA) is 40.5 Å². The van der Waals surface area contributed by atoms with Crippen LogP contribution < -0.4 is 0 Å². The summed E-state index contributed by atoms with van der Waals surface area (Å²) in [6.45, 7) is 2.22. The Bertz CT molecular complexity index is 535. The molecule has 1 aliphatic heterocycles. The molecule has 1 atom stereocenters. The van der Waals surface area contributed by atoms with Crippen LogP contribution in [-0.4, -0.2) is 28.1 Å². The number of benzene rings is 1. The number of carboxylic acid groups (broad SMARTS) is 1. The summed E-state index contributed by atoms with van der Waals surface area (Å²) in [6, 6.07) is 1.29. The lowest BCUT2D eigenvalue weighted by Crippen LogP contribution is -2.49. The van der Waals surface area contributed by atoms with Crippen LogP contribution in [0, 0.1) is 17.5 Å². The van der Waals surface area contributed by atoms with E-state index in [0.717, 1.165) is 6.07 Å². The Balaban J connectivity index is 2.29. The second kappa shape index (κ2) is 5.44. The zero-order valence-electron chi connectivity index (χ0n) is 11.1. The van der Waals surface area contributed by atoms with Crippen molar-refractivity contribution in [1.29, 1.82) is 0 Å².